The third-order valence-electron chi connectivity index (χ3n) is 7.66. The molecule has 0 spiro atoms. The summed E-state index contributed by atoms with van der Waals surface area (Å²) in [6, 6.07) is 0. The van der Waals surface area contributed by atoms with E-state index in [1.165, 1.54) is 63.4 Å². The predicted molar refractivity (Wildman–Crippen MR) is 131 cm³/mol. The Labute approximate surface area is 186 Å². The normalized spacial score (nSPS) is 20.6. The van der Waals surface area contributed by atoms with E-state index in [1.54, 1.807) is 0 Å². The van der Waals surface area contributed by atoms with Gasteiger partial charge in [-0.3, -0.25) is 0 Å². The van der Waals surface area contributed by atoms with Crippen molar-refractivity contribution in [3.63, 3.8) is 0 Å². The highest BCUT2D eigenvalue weighted by Gasteiger charge is 2.39. The van der Waals surface area contributed by atoms with E-state index in [-0.39, 0.29) is 5.54 Å². The predicted octanol–water partition coefficient (Wildman–Crippen LogP) is 7.59. The van der Waals surface area contributed by atoms with Crippen LogP contribution in [0.4, 0.5) is 5.82 Å². The molecule has 1 unspecified atom stereocenters. The van der Waals surface area contributed by atoms with E-state index in [1.807, 2.05) is 13.8 Å². The molecule has 1 aromatic heterocycles. The van der Waals surface area contributed by atoms with Crippen LogP contribution in [0.25, 0.3) is 0 Å². The standard InChI is InChI=1S/C27H48N2O/c1-19(2)12-9-13-20(3)14-10-15-21(4)16-11-17-27(7)18-24-22(5)25(30)23(6)28-26(24)29(27)8/h19-21,30H,9-18H2,1-8H3/t20-,21-,27?/m1/s1. The first-order chi connectivity index (χ1) is 14.0. The third-order valence-corrected chi connectivity index (χ3v) is 7.66. The Hall–Kier alpha value is -1.25. The Balaban J connectivity index is 1.73. The van der Waals surface area contributed by atoms with Gasteiger partial charge in [-0.2, -0.15) is 0 Å². The van der Waals surface area contributed by atoms with Crippen molar-refractivity contribution in [2.75, 3.05) is 11.9 Å². The number of pyridine rings is 1. The Kier molecular flexibility index (Phi) is 9.06. The number of hydrogen-bond acceptors (Lipinski definition) is 3. The van der Waals surface area contributed by atoms with Crippen molar-refractivity contribution >= 4 is 5.82 Å². The maximum atomic E-state index is 10.3. The molecular weight excluding hydrogens is 368 g/mol. The second-order valence-electron chi connectivity index (χ2n) is 11.1. The highest BCUT2D eigenvalue weighted by Crippen LogP contribution is 2.43. The molecule has 1 N–H and O–H groups in total. The van der Waals surface area contributed by atoms with E-state index in [4.69, 9.17) is 4.98 Å². The van der Waals surface area contributed by atoms with Crippen molar-refractivity contribution in [2.45, 2.75) is 118 Å². The van der Waals surface area contributed by atoms with Gasteiger partial charge in [0.1, 0.15) is 11.6 Å². The molecule has 3 nitrogen and oxygen atoms in total. The van der Waals surface area contributed by atoms with Crippen molar-refractivity contribution in [2.24, 2.45) is 17.8 Å². The van der Waals surface area contributed by atoms with Crippen molar-refractivity contribution in [1.29, 1.82) is 0 Å². The molecule has 172 valence electrons. The molecule has 0 bridgehead atoms. The lowest BCUT2D eigenvalue weighted by Gasteiger charge is -2.34. The largest absolute Gasteiger partial charge is 0.506 e. The number of fused-ring (bicyclic) bond motifs is 1. The van der Waals surface area contributed by atoms with Crippen LogP contribution in [-0.2, 0) is 6.42 Å². The summed E-state index contributed by atoms with van der Waals surface area (Å²) in [7, 11) is 2.18. The van der Waals surface area contributed by atoms with Crippen LogP contribution in [0.1, 0.15) is 109 Å². The molecule has 0 fully saturated rings. The molecule has 0 radical (unpaired) electrons. The van der Waals surface area contributed by atoms with Crippen molar-refractivity contribution in [1.82, 2.24) is 4.98 Å². The average Bonchev–Trinajstić information content (AvgIpc) is 2.91. The van der Waals surface area contributed by atoms with Gasteiger partial charge in [0.15, 0.2) is 0 Å². The maximum Gasteiger partial charge on any atom is 0.140 e. The molecule has 0 saturated heterocycles. The third kappa shape index (κ3) is 6.37. The maximum absolute atomic E-state index is 10.3. The van der Waals surface area contributed by atoms with Gasteiger partial charge in [-0.1, -0.05) is 79.1 Å². The Morgan fingerprint density at radius 1 is 0.933 bits per heavy atom. The monoisotopic (exact) mass is 416 g/mol. The number of aromatic hydroxyl groups is 1. The van der Waals surface area contributed by atoms with Gasteiger partial charge in [-0.15, -0.1) is 0 Å². The molecule has 2 heterocycles. The SMILES string of the molecule is Cc1nc2c(c(C)c1O)CC(C)(CCC[C@H](C)CCC[C@H](C)CCCC(C)C)N2C. The minimum absolute atomic E-state index is 0.116. The molecule has 30 heavy (non-hydrogen) atoms. The average molecular weight is 417 g/mol. The summed E-state index contributed by atoms with van der Waals surface area (Å²) < 4.78 is 0. The van der Waals surface area contributed by atoms with E-state index in [2.05, 4.69) is 46.6 Å². The summed E-state index contributed by atoms with van der Waals surface area (Å²) in [4.78, 5) is 7.06. The fourth-order valence-corrected chi connectivity index (χ4v) is 5.17. The zero-order valence-electron chi connectivity index (χ0n) is 21.1. The number of rotatable bonds is 12. The number of hydrogen-bond donors (Lipinski definition) is 1. The topological polar surface area (TPSA) is 36.4 Å². The fourth-order valence-electron chi connectivity index (χ4n) is 5.17. The van der Waals surface area contributed by atoms with Gasteiger partial charge < -0.3 is 10.0 Å². The van der Waals surface area contributed by atoms with E-state index >= 15 is 0 Å². The van der Waals surface area contributed by atoms with Crippen LogP contribution < -0.4 is 4.90 Å². The minimum atomic E-state index is 0.116. The van der Waals surface area contributed by atoms with Gasteiger partial charge in [-0.25, -0.2) is 4.98 Å². The fraction of sp³-hybridized carbons (Fsp3) is 0.815. The van der Waals surface area contributed by atoms with Crippen LogP contribution in [0.5, 0.6) is 5.75 Å². The summed E-state index contributed by atoms with van der Waals surface area (Å²) in [6.45, 7) is 15.8. The van der Waals surface area contributed by atoms with Crippen LogP contribution in [0.3, 0.4) is 0 Å². The molecule has 3 heteroatoms. The van der Waals surface area contributed by atoms with Crippen LogP contribution in [0.2, 0.25) is 0 Å². The van der Waals surface area contributed by atoms with Gasteiger partial charge in [0.2, 0.25) is 0 Å². The Morgan fingerprint density at radius 2 is 1.47 bits per heavy atom. The number of anilines is 1. The van der Waals surface area contributed by atoms with Crippen LogP contribution in [-0.4, -0.2) is 22.7 Å². The van der Waals surface area contributed by atoms with E-state index in [0.717, 1.165) is 41.2 Å². The smallest absolute Gasteiger partial charge is 0.140 e. The molecule has 1 aliphatic rings. The van der Waals surface area contributed by atoms with Crippen molar-refractivity contribution in [3.05, 3.63) is 16.8 Å². The van der Waals surface area contributed by atoms with Crippen molar-refractivity contribution in [3.8, 4) is 5.75 Å². The van der Waals surface area contributed by atoms with E-state index in [0.29, 0.717) is 5.75 Å². The summed E-state index contributed by atoms with van der Waals surface area (Å²) >= 11 is 0. The molecule has 3 atom stereocenters. The summed E-state index contributed by atoms with van der Waals surface area (Å²) in [5.74, 6) is 4.00. The number of aromatic nitrogens is 1. The second kappa shape index (κ2) is 10.9. The molecule has 0 aromatic carbocycles. The highest BCUT2D eigenvalue weighted by atomic mass is 16.3. The molecule has 2 rings (SSSR count). The first kappa shape index (κ1) is 25.0. The number of likely N-dealkylation sites (N-methyl/N-ethyl adjacent to an activating group) is 1. The molecule has 1 aliphatic heterocycles. The lowest BCUT2D eigenvalue weighted by Crippen LogP contribution is -2.41. The van der Waals surface area contributed by atoms with Gasteiger partial charge >= 0.3 is 0 Å². The number of aryl methyl sites for hydroxylation is 1. The molecule has 0 aliphatic carbocycles. The van der Waals surface area contributed by atoms with Gasteiger partial charge in [0, 0.05) is 18.2 Å². The summed E-state index contributed by atoms with van der Waals surface area (Å²) in [6.07, 6.45) is 13.1. The highest BCUT2D eigenvalue weighted by molar-refractivity contribution is 5.62. The molecular formula is C27H48N2O. The lowest BCUT2D eigenvalue weighted by molar-refractivity contribution is 0.359. The van der Waals surface area contributed by atoms with E-state index in [9.17, 15) is 5.11 Å². The van der Waals surface area contributed by atoms with E-state index < -0.39 is 0 Å². The first-order valence-corrected chi connectivity index (χ1v) is 12.5. The Morgan fingerprint density at radius 3 is 2.03 bits per heavy atom. The quantitative estimate of drug-likeness (QED) is 0.381. The Bertz CT molecular complexity index is 684. The van der Waals surface area contributed by atoms with Gasteiger partial charge in [-0.05, 0) is 56.9 Å². The lowest BCUT2D eigenvalue weighted by atomic mass is 9.87. The van der Waals surface area contributed by atoms with Crippen LogP contribution in [0, 0.1) is 31.6 Å². The minimum Gasteiger partial charge on any atom is -0.506 e. The first-order valence-electron chi connectivity index (χ1n) is 12.5. The summed E-state index contributed by atoms with van der Waals surface area (Å²) in [5, 5.41) is 10.3. The van der Waals surface area contributed by atoms with Crippen molar-refractivity contribution < 1.29 is 5.11 Å². The van der Waals surface area contributed by atoms with Crippen LogP contribution >= 0.6 is 0 Å². The zero-order valence-corrected chi connectivity index (χ0v) is 21.1. The van der Waals surface area contributed by atoms with Gasteiger partial charge in [0.05, 0.1) is 5.69 Å². The van der Waals surface area contributed by atoms with Gasteiger partial charge in [0.25, 0.3) is 0 Å². The zero-order chi connectivity index (χ0) is 22.5. The molecule has 1 aromatic rings. The molecule has 0 saturated carbocycles. The second-order valence-corrected chi connectivity index (χ2v) is 11.1. The van der Waals surface area contributed by atoms with Crippen LogP contribution in [0.15, 0.2) is 0 Å². The molecule has 0 amide bonds. The number of nitrogens with zero attached hydrogens (tertiary/aromatic N) is 2. The summed E-state index contributed by atoms with van der Waals surface area (Å²) in [5.41, 5.74) is 3.12.